The maximum Gasteiger partial charge on any atom is 0.164 e. The topological polar surface area (TPSA) is 56.6 Å². The van der Waals surface area contributed by atoms with E-state index in [0.29, 0.717) is 5.56 Å². The molecule has 30 heavy (non-hydrogen) atoms. The highest BCUT2D eigenvalue weighted by Gasteiger charge is 2.22. The Balaban J connectivity index is 1.67. The molecular formula is C27H24N2O. The van der Waals surface area contributed by atoms with Gasteiger partial charge < -0.3 is 4.98 Å². The summed E-state index contributed by atoms with van der Waals surface area (Å²) in [5.41, 5.74) is 6.61. The van der Waals surface area contributed by atoms with Crippen molar-refractivity contribution in [3.05, 3.63) is 83.9 Å². The van der Waals surface area contributed by atoms with Gasteiger partial charge in [-0.25, -0.2) is 0 Å². The second kappa shape index (κ2) is 7.65. The Morgan fingerprint density at radius 2 is 1.67 bits per heavy atom. The second-order valence-corrected chi connectivity index (χ2v) is 8.53. The number of carbonyl (C=O) groups excluding carboxylic acids is 1. The molecule has 1 heterocycles. The van der Waals surface area contributed by atoms with Crippen LogP contribution in [0.3, 0.4) is 0 Å². The van der Waals surface area contributed by atoms with E-state index in [0.717, 1.165) is 27.7 Å². The van der Waals surface area contributed by atoms with Crippen molar-refractivity contribution in [1.29, 1.82) is 5.26 Å². The molecule has 0 amide bonds. The van der Waals surface area contributed by atoms with Crippen LogP contribution in [0.2, 0.25) is 0 Å². The Morgan fingerprint density at radius 1 is 0.933 bits per heavy atom. The number of aromatic amines is 1. The molecule has 3 nitrogen and oxygen atoms in total. The van der Waals surface area contributed by atoms with Gasteiger partial charge in [0.1, 0.15) is 0 Å². The van der Waals surface area contributed by atoms with Crippen LogP contribution in [0, 0.1) is 23.7 Å². The normalized spacial score (nSPS) is 11.4. The van der Waals surface area contributed by atoms with Crippen LogP contribution in [0.5, 0.6) is 0 Å². The van der Waals surface area contributed by atoms with Gasteiger partial charge in [0.2, 0.25) is 0 Å². The zero-order valence-electron chi connectivity index (χ0n) is 17.5. The van der Waals surface area contributed by atoms with Gasteiger partial charge >= 0.3 is 0 Å². The lowest BCUT2D eigenvalue weighted by Crippen LogP contribution is -2.14. The van der Waals surface area contributed by atoms with Crippen LogP contribution in [0.4, 0.5) is 0 Å². The monoisotopic (exact) mass is 392 g/mol. The van der Waals surface area contributed by atoms with Crippen molar-refractivity contribution in [2.75, 3.05) is 0 Å². The molecule has 0 bridgehead atoms. The van der Waals surface area contributed by atoms with Gasteiger partial charge in [-0.2, -0.15) is 5.26 Å². The third-order valence-electron chi connectivity index (χ3n) is 5.37. The highest BCUT2D eigenvalue weighted by molar-refractivity contribution is 5.98. The predicted octanol–water partition coefficient (Wildman–Crippen LogP) is 6.93. The largest absolute Gasteiger partial charge is 0.355 e. The Hall–Kier alpha value is -3.64. The molecule has 0 aliphatic heterocycles. The Labute approximate surface area is 177 Å². The zero-order valence-corrected chi connectivity index (χ0v) is 17.5. The number of hydrogen-bond donors (Lipinski definition) is 1. The van der Waals surface area contributed by atoms with Crippen LogP contribution in [0.1, 0.15) is 36.2 Å². The molecule has 0 radical (unpaired) electrons. The molecule has 0 saturated heterocycles. The minimum atomic E-state index is -0.663. The summed E-state index contributed by atoms with van der Waals surface area (Å²) in [5, 5.41) is 10.3. The maximum atomic E-state index is 12.6. The van der Waals surface area contributed by atoms with E-state index in [1.165, 1.54) is 11.1 Å². The molecule has 0 atom stereocenters. The van der Waals surface area contributed by atoms with E-state index in [1.807, 2.05) is 24.3 Å². The van der Waals surface area contributed by atoms with E-state index in [4.69, 9.17) is 0 Å². The van der Waals surface area contributed by atoms with Crippen molar-refractivity contribution in [3.8, 4) is 28.5 Å². The number of rotatable bonds is 5. The van der Waals surface area contributed by atoms with Gasteiger partial charge in [0.05, 0.1) is 11.5 Å². The number of nitrogens with one attached hydrogen (secondary N) is 1. The minimum absolute atomic E-state index is 0.00661. The lowest BCUT2D eigenvalue weighted by molar-refractivity contribution is 0.0952. The molecule has 3 aromatic carbocycles. The van der Waals surface area contributed by atoms with Gasteiger partial charge in [-0.15, -0.1) is 0 Å². The van der Waals surface area contributed by atoms with Gasteiger partial charge in [0.15, 0.2) is 5.78 Å². The van der Waals surface area contributed by atoms with E-state index in [1.54, 1.807) is 13.8 Å². The van der Waals surface area contributed by atoms with Crippen LogP contribution < -0.4 is 0 Å². The predicted molar refractivity (Wildman–Crippen MR) is 122 cm³/mol. The summed E-state index contributed by atoms with van der Waals surface area (Å²) in [6.45, 7) is 5.68. The summed E-state index contributed by atoms with van der Waals surface area (Å²) in [4.78, 5) is 16.1. The first-order chi connectivity index (χ1) is 14.3. The fourth-order valence-electron chi connectivity index (χ4n) is 3.70. The first-order valence-electron chi connectivity index (χ1n) is 10.1. The number of nitriles is 1. The summed E-state index contributed by atoms with van der Waals surface area (Å²) in [6.07, 6.45) is 0.212. The van der Waals surface area contributed by atoms with E-state index in [2.05, 4.69) is 66.5 Å². The number of ketones is 1. The Morgan fingerprint density at radius 3 is 2.43 bits per heavy atom. The van der Waals surface area contributed by atoms with Crippen LogP contribution in [-0.2, 0) is 0 Å². The molecule has 3 heteroatoms. The number of hydrogen-bond acceptors (Lipinski definition) is 2. The van der Waals surface area contributed by atoms with Crippen molar-refractivity contribution < 1.29 is 4.79 Å². The molecule has 4 rings (SSSR count). The SMILES string of the molecule is Cc1cccc(-c2cc3cc(-c4cccc(C(=O)CC(C)(C)C#N)c4)ccc3[nH]2)c1. The fraction of sp³-hybridized carbons (Fsp3) is 0.185. The number of aromatic nitrogens is 1. The quantitative estimate of drug-likeness (QED) is 0.374. The number of aryl methyl sites for hydroxylation is 1. The fourth-order valence-corrected chi connectivity index (χ4v) is 3.70. The lowest BCUT2D eigenvalue weighted by atomic mass is 9.86. The van der Waals surface area contributed by atoms with E-state index < -0.39 is 5.41 Å². The maximum absolute atomic E-state index is 12.6. The number of Topliss-reactive ketones (excluding diaryl/α,β-unsaturated/α-hetero) is 1. The molecular weight excluding hydrogens is 368 g/mol. The first-order valence-corrected chi connectivity index (χ1v) is 10.1. The molecule has 0 aliphatic carbocycles. The number of benzene rings is 3. The van der Waals surface area contributed by atoms with Crippen molar-refractivity contribution >= 4 is 16.7 Å². The van der Waals surface area contributed by atoms with Gasteiger partial charge in [-0.1, -0.05) is 48.0 Å². The number of carbonyl (C=O) groups is 1. The smallest absolute Gasteiger partial charge is 0.164 e. The molecule has 0 spiro atoms. The van der Waals surface area contributed by atoms with Crippen molar-refractivity contribution in [1.82, 2.24) is 4.98 Å². The van der Waals surface area contributed by atoms with Crippen LogP contribution >= 0.6 is 0 Å². The van der Waals surface area contributed by atoms with E-state index in [9.17, 15) is 10.1 Å². The van der Waals surface area contributed by atoms with Crippen molar-refractivity contribution in [2.45, 2.75) is 27.2 Å². The Kier molecular flexibility index (Phi) is 5.01. The van der Waals surface area contributed by atoms with Crippen LogP contribution in [-0.4, -0.2) is 10.8 Å². The van der Waals surface area contributed by atoms with Crippen LogP contribution in [0.25, 0.3) is 33.3 Å². The third kappa shape index (κ3) is 4.04. The highest BCUT2D eigenvalue weighted by atomic mass is 16.1. The lowest BCUT2D eigenvalue weighted by Gasteiger charge is -2.14. The molecule has 0 fully saturated rings. The molecule has 1 N–H and O–H groups in total. The van der Waals surface area contributed by atoms with Crippen molar-refractivity contribution in [2.24, 2.45) is 5.41 Å². The van der Waals surface area contributed by atoms with Gasteiger partial charge in [0, 0.05) is 28.6 Å². The Bertz CT molecular complexity index is 1290. The van der Waals surface area contributed by atoms with Crippen LogP contribution in [0.15, 0.2) is 72.8 Å². The zero-order chi connectivity index (χ0) is 21.3. The van der Waals surface area contributed by atoms with Gasteiger partial charge in [0.25, 0.3) is 0 Å². The number of nitrogens with zero attached hydrogens (tertiary/aromatic N) is 1. The molecule has 148 valence electrons. The van der Waals surface area contributed by atoms with Gasteiger partial charge in [-0.05, 0) is 67.8 Å². The summed E-state index contributed by atoms with van der Waals surface area (Å²) >= 11 is 0. The average Bonchev–Trinajstić information content (AvgIpc) is 3.17. The number of H-pyrrole nitrogens is 1. The third-order valence-corrected chi connectivity index (χ3v) is 5.37. The summed E-state index contributed by atoms with van der Waals surface area (Å²) < 4.78 is 0. The van der Waals surface area contributed by atoms with Crippen molar-refractivity contribution in [3.63, 3.8) is 0 Å². The molecule has 0 aliphatic rings. The molecule has 4 aromatic rings. The average molecular weight is 393 g/mol. The molecule has 0 saturated carbocycles. The second-order valence-electron chi connectivity index (χ2n) is 8.53. The summed E-state index contributed by atoms with van der Waals surface area (Å²) in [6, 6.07) is 26.8. The standard InChI is InChI=1S/C27H24N2O/c1-18-6-4-8-21(12-18)25-15-23-14-20(10-11-24(23)29-25)19-7-5-9-22(13-19)26(30)16-27(2,3)17-28/h4-15,29H,16H2,1-3H3. The van der Waals surface area contributed by atoms with E-state index in [-0.39, 0.29) is 12.2 Å². The summed E-state index contributed by atoms with van der Waals surface area (Å²) in [5.74, 6) is -0.00661. The molecule has 1 aromatic heterocycles. The van der Waals surface area contributed by atoms with E-state index >= 15 is 0 Å². The number of fused-ring (bicyclic) bond motifs is 1. The first kappa shape index (κ1) is 19.7. The highest BCUT2D eigenvalue weighted by Crippen LogP contribution is 2.30. The molecule has 0 unspecified atom stereocenters. The van der Waals surface area contributed by atoms with Gasteiger partial charge in [-0.3, -0.25) is 4.79 Å². The minimum Gasteiger partial charge on any atom is -0.355 e. The summed E-state index contributed by atoms with van der Waals surface area (Å²) in [7, 11) is 0.